The Morgan fingerprint density at radius 3 is 3.00 bits per heavy atom. The molecule has 0 unspecified atom stereocenters. The second kappa shape index (κ2) is 3.83. The number of aromatic nitrogens is 1. The van der Waals surface area contributed by atoms with E-state index in [0.717, 1.165) is 16.6 Å². The van der Waals surface area contributed by atoms with Crippen LogP contribution in [0, 0.1) is 6.92 Å². The van der Waals surface area contributed by atoms with Gasteiger partial charge in [0.05, 0.1) is 0 Å². The predicted octanol–water partition coefficient (Wildman–Crippen LogP) is 1.65. The normalized spacial score (nSPS) is 10.1. The number of nitrogens with zero attached hydrogens (tertiary/aromatic N) is 1. The van der Waals surface area contributed by atoms with Crippen LogP contribution in [0.25, 0.3) is 0 Å². The molecule has 1 aromatic rings. The van der Waals surface area contributed by atoms with Crippen LogP contribution in [0.1, 0.15) is 11.3 Å². The van der Waals surface area contributed by atoms with E-state index in [1.54, 1.807) is 6.20 Å². The van der Waals surface area contributed by atoms with Gasteiger partial charge in [0, 0.05) is 16.4 Å². The van der Waals surface area contributed by atoms with Crippen molar-refractivity contribution in [3.63, 3.8) is 0 Å². The predicted molar refractivity (Wildman–Crippen MR) is 49.4 cm³/mol. The summed E-state index contributed by atoms with van der Waals surface area (Å²) < 4.78 is 1.02. The highest BCUT2D eigenvalue weighted by molar-refractivity contribution is 9.10. The molecule has 60 valence electrons. The highest BCUT2D eigenvalue weighted by Gasteiger charge is 1.98. The van der Waals surface area contributed by atoms with Crippen molar-refractivity contribution in [2.45, 2.75) is 13.3 Å². The molecule has 1 rings (SSSR count). The molecule has 0 aromatic carbocycles. The van der Waals surface area contributed by atoms with Crippen LogP contribution in [0.15, 0.2) is 16.7 Å². The highest BCUT2D eigenvalue weighted by atomic mass is 79.9. The number of nitrogens with two attached hydrogens (primary N) is 1. The largest absolute Gasteiger partial charge is 0.330 e. The third-order valence-electron chi connectivity index (χ3n) is 1.57. The van der Waals surface area contributed by atoms with Crippen molar-refractivity contribution in [2.75, 3.05) is 6.54 Å². The van der Waals surface area contributed by atoms with Crippen LogP contribution >= 0.6 is 15.9 Å². The first kappa shape index (κ1) is 8.68. The topological polar surface area (TPSA) is 38.9 Å². The SMILES string of the molecule is Cc1ncc(Br)cc1CCN. The third-order valence-corrected chi connectivity index (χ3v) is 2.01. The average Bonchev–Trinajstić information content (AvgIpc) is 1.98. The van der Waals surface area contributed by atoms with Gasteiger partial charge >= 0.3 is 0 Å². The number of pyridine rings is 1. The van der Waals surface area contributed by atoms with Gasteiger partial charge in [0.25, 0.3) is 0 Å². The van der Waals surface area contributed by atoms with Crippen LogP contribution in [-0.2, 0) is 6.42 Å². The summed E-state index contributed by atoms with van der Waals surface area (Å²) in [6, 6.07) is 2.06. The summed E-state index contributed by atoms with van der Waals surface area (Å²) in [5, 5.41) is 0. The summed E-state index contributed by atoms with van der Waals surface area (Å²) in [6.45, 7) is 2.68. The van der Waals surface area contributed by atoms with Crippen molar-refractivity contribution < 1.29 is 0 Å². The molecule has 1 aromatic heterocycles. The zero-order valence-electron chi connectivity index (χ0n) is 6.47. The summed E-state index contributed by atoms with van der Waals surface area (Å²) in [6.07, 6.45) is 2.70. The molecule has 0 saturated carbocycles. The Hall–Kier alpha value is -0.410. The van der Waals surface area contributed by atoms with Gasteiger partial charge in [0.1, 0.15) is 0 Å². The molecular formula is C8H11BrN2. The maximum Gasteiger partial charge on any atom is 0.0413 e. The molecule has 3 heteroatoms. The Kier molecular flexibility index (Phi) is 3.02. The lowest BCUT2D eigenvalue weighted by Crippen LogP contribution is -2.04. The Morgan fingerprint density at radius 2 is 2.36 bits per heavy atom. The second-order valence-corrected chi connectivity index (χ2v) is 3.35. The standard InChI is InChI=1S/C8H11BrN2/c1-6-7(2-3-10)4-8(9)5-11-6/h4-5H,2-3,10H2,1H3. The molecule has 0 amide bonds. The summed E-state index contributed by atoms with van der Waals surface area (Å²) in [5.74, 6) is 0. The fourth-order valence-corrected chi connectivity index (χ4v) is 1.34. The zero-order valence-corrected chi connectivity index (χ0v) is 8.06. The minimum Gasteiger partial charge on any atom is -0.330 e. The molecule has 1 heterocycles. The number of hydrogen-bond donors (Lipinski definition) is 1. The molecule has 0 aliphatic carbocycles. The van der Waals surface area contributed by atoms with Crippen molar-refractivity contribution >= 4 is 15.9 Å². The van der Waals surface area contributed by atoms with E-state index in [1.165, 1.54) is 5.56 Å². The molecule has 11 heavy (non-hydrogen) atoms. The fraction of sp³-hybridized carbons (Fsp3) is 0.375. The van der Waals surface area contributed by atoms with Crippen molar-refractivity contribution in [1.82, 2.24) is 4.98 Å². The average molecular weight is 215 g/mol. The van der Waals surface area contributed by atoms with Gasteiger partial charge in [-0.15, -0.1) is 0 Å². The smallest absolute Gasteiger partial charge is 0.0413 e. The van der Waals surface area contributed by atoms with E-state index in [-0.39, 0.29) is 0 Å². The Balaban J connectivity index is 2.93. The zero-order chi connectivity index (χ0) is 8.27. The van der Waals surface area contributed by atoms with Gasteiger partial charge in [-0.05, 0) is 47.4 Å². The molecular weight excluding hydrogens is 204 g/mol. The van der Waals surface area contributed by atoms with E-state index in [2.05, 4.69) is 27.0 Å². The van der Waals surface area contributed by atoms with Gasteiger partial charge in [-0.3, -0.25) is 4.98 Å². The van der Waals surface area contributed by atoms with Crippen LogP contribution in [0.5, 0.6) is 0 Å². The number of halogens is 1. The van der Waals surface area contributed by atoms with Gasteiger partial charge in [0.2, 0.25) is 0 Å². The summed E-state index contributed by atoms with van der Waals surface area (Å²) in [4.78, 5) is 4.19. The highest BCUT2D eigenvalue weighted by Crippen LogP contribution is 2.13. The Bertz CT molecular complexity index is 248. The van der Waals surface area contributed by atoms with Gasteiger partial charge < -0.3 is 5.73 Å². The van der Waals surface area contributed by atoms with Gasteiger partial charge in [-0.25, -0.2) is 0 Å². The van der Waals surface area contributed by atoms with E-state index >= 15 is 0 Å². The van der Waals surface area contributed by atoms with E-state index in [1.807, 2.05) is 6.92 Å². The molecule has 0 aliphatic heterocycles. The van der Waals surface area contributed by atoms with E-state index in [0.29, 0.717) is 6.54 Å². The maximum atomic E-state index is 5.44. The van der Waals surface area contributed by atoms with Crippen molar-refractivity contribution in [3.05, 3.63) is 28.0 Å². The first-order valence-corrected chi connectivity index (χ1v) is 4.34. The van der Waals surface area contributed by atoms with Crippen LogP contribution in [-0.4, -0.2) is 11.5 Å². The molecule has 0 fully saturated rings. The van der Waals surface area contributed by atoms with Gasteiger partial charge in [0.15, 0.2) is 0 Å². The fourth-order valence-electron chi connectivity index (χ4n) is 0.958. The quantitative estimate of drug-likeness (QED) is 0.814. The lowest BCUT2D eigenvalue weighted by molar-refractivity contribution is 0.937. The first-order chi connectivity index (χ1) is 5.24. The Morgan fingerprint density at radius 1 is 1.64 bits per heavy atom. The number of rotatable bonds is 2. The van der Waals surface area contributed by atoms with Crippen molar-refractivity contribution in [3.8, 4) is 0 Å². The van der Waals surface area contributed by atoms with E-state index in [4.69, 9.17) is 5.73 Å². The van der Waals surface area contributed by atoms with Gasteiger partial charge in [-0.2, -0.15) is 0 Å². The Labute approximate surface area is 75.0 Å². The van der Waals surface area contributed by atoms with Crippen LogP contribution in [0.3, 0.4) is 0 Å². The molecule has 0 spiro atoms. The summed E-state index contributed by atoms with van der Waals surface area (Å²) in [7, 11) is 0. The third kappa shape index (κ3) is 2.27. The molecule has 0 bridgehead atoms. The molecule has 2 nitrogen and oxygen atoms in total. The molecule has 2 N–H and O–H groups in total. The van der Waals surface area contributed by atoms with Crippen molar-refractivity contribution in [2.24, 2.45) is 5.73 Å². The molecule has 0 aliphatic rings. The van der Waals surface area contributed by atoms with E-state index in [9.17, 15) is 0 Å². The first-order valence-electron chi connectivity index (χ1n) is 3.55. The minimum absolute atomic E-state index is 0.680. The monoisotopic (exact) mass is 214 g/mol. The van der Waals surface area contributed by atoms with Crippen molar-refractivity contribution in [1.29, 1.82) is 0 Å². The lowest BCUT2D eigenvalue weighted by atomic mass is 10.1. The molecule has 0 atom stereocenters. The molecule has 0 radical (unpaired) electrons. The van der Waals surface area contributed by atoms with Crippen LogP contribution in [0.4, 0.5) is 0 Å². The second-order valence-electron chi connectivity index (χ2n) is 2.44. The van der Waals surface area contributed by atoms with E-state index < -0.39 is 0 Å². The summed E-state index contributed by atoms with van der Waals surface area (Å²) in [5.41, 5.74) is 7.73. The number of aryl methyl sites for hydroxylation is 1. The maximum absolute atomic E-state index is 5.44. The molecule has 0 saturated heterocycles. The van der Waals surface area contributed by atoms with Gasteiger partial charge in [-0.1, -0.05) is 0 Å². The lowest BCUT2D eigenvalue weighted by Gasteiger charge is -2.02. The van der Waals surface area contributed by atoms with Crippen LogP contribution in [0.2, 0.25) is 0 Å². The van der Waals surface area contributed by atoms with Crippen LogP contribution < -0.4 is 5.73 Å². The minimum atomic E-state index is 0.680. The number of hydrogen-bond acceptors (Lipinski definition) is 2. The summed E-state index contributed by atoms with van der Waals surface area (Å²) >= 11 is 3.36.